The molecule has 0 aliphatic heterocycles. The quantitative estimate of drug-likeness (QED) is 0.718. The van der Waals surface area contributed by atoms with Gasteiger partial charge < -0.3 is 4.90 Å². The van der Waals surface area contributed by atoms with Crippen LogP contribution in [0.5, 0.6) is 0 Å². The number of amides is 1. The maximum atomic E-state index is 12.3. The van der Waals surface area contributed by atoms with Crippen LogP contribution in [-0.4, -0.2) is 23.9 Å². The molecular formula is C13H22N2O. The minimum atomic E-state index is -0.691. The molecule has 1 saturated carbocycles. The van der Waals surface area contributed by atoms with Gasteiger partial charge in [0, 0.05) is 13.1 Å². The molecule has 1 fully saturated rings. The molecule has 16 heavy (non-hydrogen) atoms. The Morgan fingerprint density at radius 1 is 1.38 bits per heavy atom. The third kappa shape index (κ3) is 2.55. The monoisotopic (exact) mass is 222 g/mol. The fraction of sp³-hybridized carbons (Fsp3) is 0.846. The molecule has 1 aliphatic rings. The Morgan fingerprint density at radius 3 is 2.44 bits per heavy atom. The highest BCUT2D eigenvalue weighted by Gasteiger charge is 2.43. The second-order valence-corrected chi connectivity index (χ2v) is 4.64. The van der Waals surface area contributed by atoms with Crippen LogP contribution in [0.4, 0.5) is 0 Å². The molecule has 0 N–H and O–H groups in total. The fourth-order valence-corrected chi connectivity index (χ4v) is 2.41. The van der Waals surface area contributed by atoms with Crippen LogP contribution in [0.25, 0.3) is 0 Å². The number of nitriles is 1. The lowest BCUT2D eigenvalue weighted by Gasteiger charge is -2.28. The van der Waals surface area contributed by atoms with Crippen LogP contribution in [0.1, 0.15) is 52.4 Å². The van der Waals surface area contributed by atoms with E-state index in [2.05, 4.69) is 13.0 Å². The van der Waals surface area contributed by atoms with Gasteiger partial charge in [-0.3, -0.25) is 4.79 Å². The number of unbranched alkanes of at least 4 members (excludes halogenated alkanes) is 1. The van der Waals surface area contributed by atoms with Crippen molar-refractivity contribution in [2.75, 3.05) is 13.1 Å². The summed E-state index contributed by atoms with van der Waals surface area (Å²) in [6.45, 7) is 5.64. The van der Waals surface area contributed by atoms with Crippen molar-refractivity contribution in [1.29, 1.82) is 5.26 Å². The second kappa shape index (κ2) is 5.89. The summed E-state index contributed by atoms with van der Waals surface area (Å²) < 4.78 is 0. The maximum absolute atomic E-state index is 12.3. The highest BCUT2D eigenvalue weighted by molar-refractivity contribution is 5.85. The van der Waals surface area contributed by atoms with Crippen LogP contribution in [-0.2, 0) is 4.79 Å². The van der Waals surface area contributed by atoms with Gasteiger partial charge in [0.1, 0.15) is 5.41 Å². The van der Waals surface area contributed by atoms with Gasteiger partial charge in [0.15, 0.2) is 0 Å². The average molecular weight is 222 g/mol. The van der Waals surface area contributed by atoms with Crippen LogP contribution in [0.3, 0.4) is 0 Å². The summed E-state index contributed by atoms with van der Waals surface area (Å²) in [5.41, 5.74) is -0.691. The van der Waals surface area contributed by atoms with E-state index < -0.39 is 5.41 Å². The molecule has 90 valence electrons. The molecule has 3 heteroatoms. The van der Waals surface area contributed by atoms with Gasteiger partial charge in [-0.2, -0.15) is 5.26 Å². The number of hydrogen-bond donors (Lipinski definition) is 0. The molecular weight excluding hydrogens is 200 g/mol. The van der Waals surface area contributed by atoms with Crippen molar-refractivity contribution in [3.63, 3.8) is 0 Å². The van der Waals surface area contributed by atoms with Crippen molar-refractivity contribution in [1.82, 2.24) is 4.90 Å². The first kappa shape index (κ1) is 13.0. The van der Waals surface area contributed by atoms with E-state index >= 15 is 0 Å². The molecule has 0 aromatic heterocycles. The maximum Gasteiger partial charge on any atom is 0.243 e. The first-order chi connectivity index (χ1) is 7.70. The summed E-state index contributed by atoms with van der Waals surface area (Å²) in [5.74, 6) is 0.0726. The Bertz CT molecular complexity index is 274. The number of carbonyl (C=O) groups is 1. The predicted molar refractivity (Wildman–Crippen MR) is 63.7 cm³/mol. The first-order valence-electron chi connectivity index (χ1n) is 6.41. The van der Waals surface area contributed by atoms with Gasteiger partial charge in [-0.1, -0.05) is 26.2 Å². The molecule has 0 bridgehead atoms. The SMILES string of the molecule is CCCCN(CC)C(=O)C1(C#N)CCCC1. The van der Waals surface area contributed by atoms with E-state index in [1.807, 2.05) is 11.8 Å². The van der Waals surface area contributed by atoms with Crippen molar-refractivity contribution < 1.29 is 4.79 Å². The van der Waals surface area contributed by atoms with Crippen LogP contribution in [0.15, 0.2) is 0 Å². The van der Waals surface area contributed by atoms with Gasteiger partial charge in [0.2, 0.25) is 5.91 Å². The Morgan fingerprint density at radius 2 is 2.00 bits per heavy atom. The standard InChI is InChI=1S/C13H22N2O/c1-3-5-10-15(4-2)12(16)13(11-14)8-6-7-9-13/h3-10H2,1-2H3. The fourth-order valence-electron chi connectivity index (χ4n) is 2.41. The lowest BCUT2D eigenvalue weighted by atomic mass is 9.86. The van der Waals surface area contributed by atoms with Gasteiger partial charge in [0.25, 0.3) is 0 Å². The van der Waals surface area contributed by atoms with Crippen LogP contribution >= 0.6 is 0 Å². The van der Waals surface area contributed by atoms with E-state index in [0.717, 1.165) is 51.6 Å². The zero-order valence-electron chi connectivity index (χ0n) is 10.5. The van der Waals surface area contributed by atoms with Crippen LogP contribution in [0, 0.1) is 16.7 Å². The van der Waals surface area contributed by atoms with Gasteiger partial charge >= 0.3 is 0 Å². The normalized spacial score (nSPS) is 18.1. The molecule has 0 aromatic carbocycles. The Hall–Kier alpha value is -1.04. The third-order valence-corrected chi connectivity index (χ3v) is 3.53. The largest absolute Gasteiger partial charge is 0.342 e. The molecule has 1 amide bonds. The summed E-state index contributed by atoms with van der Waals surface area (Å²) in [5, 5.41) is 9.26. The predicted octanol–water partition coefficient (Wildman–Crippen LogP) is 2.72. The number of hydrogen-bond acceptors (Lipinski definition) is 2. The van der Waals surface area contributed by atoms with Crippen molar-refractivity contribution in [3.8, 4) is 6.07 Å². The van der Waals surface area contributed by atoms with Crippen molar-refractivity contribution >= 4 is 5.91 Å². The topological polar surface area (TPSA) is 44.1 Å². The van der Waals surface area contributed by atoms with E-state index in [4.69, 9.17) is 0 Å². The van der Waals surface area contributed by atoms with Crippen molar-refractivity contribution in [3.05, 3.63) is 0 Å². The molecule has 0 heterocycles. The summed E-state index contributed by atoms with van der Waals surface area (Å²) in [6.07, 6.45) is 5.66. The zero-order chi connectivity index (χ0) is 12.0. The second-order valence-electron chi connectivity index (χ2n) is 4.64. The average Bonchev–Trinajstić information content (AvgIpc) is 2.79. The zero-order valence-corrected chi connectivity index (χ0v) is 10.5. The van der Waals surface area contributed by atoms with Gasteiger partial charge in [-0.05, 0) is 26.2 Å². The first-order valence-corrected chi connectivity index (χ1v) is 6.41. The highest BCUT2D eigenvalue weighted by atomic mass is 16.2. The van der Waals surface area contributed by atoms with E-state index in [9.17, 15) is 10.1 Å². The number of carbonyl (C=O) groups excluding carboxylic acids is 1. The van der Waals surface area contributed by atoms with Gasteiger partial charge in [0.05, 0.1) is 6.07 Å². The van der Waals surface area contributed by atoms with E-state index in [0.29, 0.717) is 0 Å². The minimum Gasteiger partial charge on any atom is -0.342 e. The third-order valence-electron chi connectivity index (χ3n) is 3.53. The molecule has 0 saturated heterocycles. The Balaban J connectivity index is 2.69. The van der Waals surface area contributed by atoms with Gasteiger partial charge in [-0.15, -0.1) is 0 Å². The molecule has 0 spiro atoms. The van der Waals surface area contributed by atoms with Crippen molar-refractivity contribution in [2.24, 2.45) is 5.41 Å². The molecule has 3 nitrogen and oxygen atoms in total. The van der Waals surface area contributed by atoms with E-state index in [1.165, 1.54) is 0 Å². The Kier molecular flexibility index (Phi) is 4.79. The minimum absolute atomic E-state index is 0.0726. The number of nitrogens with zero attached hydrogens (tertiary/aromatic N) is 2. The van der Waals surface area contributed by atoms with Crippen molar-refractivity contribution in [2.45, 2.75) is 52.4 Å². The molecule has 0 atom stereocenters. The summed E-state index contributed by atoms with van der Waals surface area (Å²) in [6, 6.07) is 2.28. The smallest absolute Gasteiger partial charge is 0.243 e. The van der Waals surface area contributed by atoms with E-state index in [1.54, 1.807) is 0 Å². The molecule has 0 radical (unpaired) electrons. The number of rotatable bonds is 5. The molecule has 1 aliphatic carbocycles. The van der Waals surface area contributed by atoms with Gasteiger partial charge in [-0.25, -0.2) is 0 Å². The summed E-state index contributed by atoms with van der Waals surface area (Å²) in [7, 11) is 0. The molecule has 0 unspecified atom stereocenters. The van der Waals surface area contributed by atoms with Crippen LogP contribution in [0.2, 0.25) is 0 Å². The van der Waals surface area contributed by atoms with E-state index in [-0.39, 0.29) is 5.91 Å². The molecule has 0 aromatic rings. The summed E-state index contributed by atoms with van der Waals surface area (Å²) >= 11 is 0. The summed E-state index contributed by atoms with van der Waals surface area (Å²) in [4.78, 5) is 14.2. The molecule has 1 rings (SSSR count). The Labute approximate surface area is 98.4 Å². The highest BCUT2D eigenvalue weighted by Crippen LogP contribution is 2.39. The lowest BCUT2D eigenvalue weighted by molar-refractivity contribution is -0.138. The van der Waals surface area contributed by atoms with Crippen LogP contribution < -0.4 is 0 Å². The lowest BCUT2D eigenvalue weighted by Crippen LogP contribution is -2.42.